The molecule has 0 aliphatic carbocycles. The van der Waals surface area contributed by atoms with Crippen LogP contribution in [-0.4, -0.2) is 30.4 Å². The molecule has 0 unspecified atom stereocenters. The SMILES string of the molecule is COc1cc(C(C)=O)ccc1OCC(=O)Nc1nc(-c2ccc(C)cc2)c(C)s1. The van der Waals surface area contributed by atoms with E-state index >= 15 is 0 Å². The van der Waals surface area contributed by atoms with E-state index in [1.54, 1.807) is 18.2 Å². The van der Waals surface area contributed by atoms with E-state index in [0.29, 0.717) is 22.2 Å². The van der Waals surface area contributed by atoms with Crippen molar-refractivity contribution in [3.05, 3.63) is 58.5 Å². The third-order valence-electron chi connectivity index (χ3n) is 4.30. The summed E-state index contributed by atoms with van der Waals surface area (Å²) in [5.74, 6) is 0.392. The molecule has 3 rings (SSSR count). The second kappa shape index (κ2) is 8.87. The largest absolute Gasteiger partial charge is 0.493 e. The van der Waals surface area contributed by atoms with Crippen LogP contribution in [0.2, 0.25) is 0 Å². The van der Waals surface area contributed by atoms with Gasteiger partial charge in [0.2, 0.25) is 0 Å². The molecule has 0 aliphatic heterocycles. The molecule has 0 fully saturated rings. The van der Waals surface area contributed by atoms with E-state index in [1.165, 1.54) is 30.9 Å². The average Bonchev–Trinajstić information content (AvgIpc) is 3.06. The molecule has 1 heterocycles. The number of carbonyl (C=O) groups is 2. The number of thiazole rings is 1. The first-order valence-electron chi connectivity index (χ1n) is 9.03. The lowest BCUT2D eigenvalue weighted by molar-refractivity contribution is -0.118. The van der Waals surface area contributed by atoms with Gasteiger partial charge in [0, 0.05) is 16.0 Å². The van der Waals surface area contributed by atoms with Crippen molar-refractivity contribution in [3.63, 3.8) is 0 Å². The number of ketones is 1. The number of ether oxygens (including phenoxy) is 2. The molecule has 0 bridgehead atoms. The van der Waals surface area contributed by atoms with Crippen LogP contribution in [0.1, 0.15) is 27.7 Å². The van der Waals surface area contributed by atoms with Crippen molar-refractivity contribution in [2.24, 2.45) is 0 Å². The molecule has 0 saturated carbocycles. The van der Waals surface area contributed by atoms with Crippen LogP contribution in [0.25, 0.3) is 11.3 Å². The Balaban J connectivity index is 1.65. The summed E-state index contributed by atoms with van der Waals surface area (Å²) in [4.78, 5) is 29.3. The van der Waals surface area contributed by atoms with Crippen molar-refractivity contribution in [1.82, 2.24) is 4.98 Å². The number of methoxy groups -OCH3 is 1. The molecule has 29 heavy (non-hydrogen) atoms. The van der Waals surface area contributed by atoms with E-state index in [4.69, 9.17) is 9.47 Å². The fourth-order valence-electron chi connectivity index (χ4n) is 2.73. The Labute approximate surface area is 173 Å². The quantitative estimate of drug-likeness (QED) is 0.574. The average molecular weight is 410 g/mol. The van der Waals surface area contributed by atoms with Gasteiger partial charge in [-0.3, -0.25) is 14.9 Å². The maximum atomic E-state index is 12.3. The molecule has 0 saturated heterocycles. The van der Waals surface area contributed by atoms with Gasteiger partial charge in [-0.15, -0.1) is 11.3 Å². The van der Waals surface area contributed by atoms with Crippen LogP contribution in [0, 0.1) is 13.8 Å². The number of rotatable bonds is 7. The highest BCUT2D eigenvalue weighted by Crippen LogP contribution is 2.31. The van der Waals surface area contributed by atoms with Crippen molar-refractivity contribution in [3.8, 4) is 22.8 Å². The van der Waals surface area contributed by atoms with E-state index in [0.717, 1.165) is 16.1 Å². The molecule has 0 aliphatic rings. The summed E-state index contributed by atoms with van der Waals surface area (Å²) >= 11 is 1.42. The third-order valence-corrected chi connectivity index (χ3v) is 5.18. The summed E-state index contributed by atoms with van der Waals surface area (Å²) in [7, 11) is 1.48. The summed E-state index contributed by atoms with van der Waals surface area (Å²) in [6, 6.07) is 12.9. The second-order valence-corrected chi connectivity index (χ2v) is 7.75. The lowest BCUT2D eigenvalue weighted by Gasteiger charge is -2.11. The molecule has 150 valence electrons. The van der Waals surface area contributed by atoms with Crippen molar-refractivity contribution < 1.29 is 19.1 Å². The smallest absolute Gasteiger partial charge is 0.264 e. The van der Waals surface area contributed by atoms with Crippen molar-refractivity contribution in [1.29, 1.82) is 0 Å². The lowest BCUT2D eigenvalue weighted by Crippen LogP contribution is -2.20. The Bertz CT molecular complexity index is 1040. The molecule has 0 radical (unpaired) electrons. The summed E-state index contributed by atoms with van der Waals surface area (Å²) in [5.41, 5.74) is 3.56. The van der Waals surface area contributed by atoms with Crippen molar-refractivity contribution in [2.75, 3.05) is 19.0 Å². The van der Waals surface area contributed by atoms with Gasteiger partial charge in [-0.05, 0) is 39.0 Å². The minimum absolute atomic E-state index is 0.0730. The fourth-order valence-corrected chi connectivity index (χ4v) is 3.59. The minimum Gasteiger partial charge on any atom is -0.493 e. The van der Waals surface area contributed by atoms with E-state index in [-0.39, 0.29) is 18.3 Å². The van der Waals surface area contributed by atoms with Gasteiger partial charge >= 0.3 is 0 Å². The molecule has 0 atom stereocenters. The monoisotopic (exact) mass is 410 g/mol. The molecule has 2 aromatic carbocycles. The number of nitrogens with one attached hydrogen (secondary N) is 1. The van der Waals surface area contributed by atoms with Crippen LogP contribution in [0.3, 0.4) is 0 Å². The van der Waals surface area contributed by atoms with E-state index in [2.05, 4.69) is 10.3 Å². The standard InChI is InChI=1S/C22H22N2O4S/c1-13-5-7-16(8-6-13)21-15(3)29-22(24-21)23-20(26)12-28-18-10-9-17(14(2)25)11-19(18)27-4/h5-11H,12H2,1-4H3,(H,23,24,26). The normalized spacial score (nSPS) is 10.5. The Hall–Kier alpha value is -3.19. The number of benzene rings is 2. The Morgan fingerprint density at radius 1 is 1.07 bits per heavy atom. The van der Waals surface area contributed by atoms with Gasteiger partial charge in [-0.2, -0.15) is 0 Å². The van der Waals surface area contributed by atoms with Gasteiger partial charge in [0.25, 0.3) is 5.91 Å². The highest BCUT2D eigenvalue weighted by molar-refractivity contribution is 7.16. The number of carbonyl (C=O) groups excluding carboxylic acids is 2. The molecule has 1 amide bonds. The molecule has 7 heteroatoms. The van der Waals surface area contributed by atoms with Crippen LogP contribution in [0.15, 0.2) is 42.5 Å². The first-order valence-corrected chi connectivity index (χ1v) is 9.85. The maximum absolute atomic E-state index is 12.3. The Morgan fingerprint density at radius 2 is 1.79 bits per heavy atom. The van der Waals surface area contributed by atoms with Crippen LogP contribution >= 0.6 is 11.3 Å². The first kappa shape index (κ1) is 20.5. The van der Waals surface area contributed by atoms with Gasteiger partial charge in [0.1, 0.15) is 0 Å². The lowest BCUT2D eigenvalue weighted by atomic mass is 10.1. The second-order valence-electron chi connectivity index (χ2n) is 6.55. The number of aryl methyl sites for hydroxylation is 2. The maximum Gasteiger partial charge on any atom is 0.264 e. The number of anilines is 1. The Kier molecular flexibility index (Phi) is 6.29. The predicted molar refractivity (Wildman–Crippen MR) is 114 cm³/mol. The van der Waals surface area contributed by atoms with Crippen LogP contribution < -0.4 is 14.8 Å². The van der Waals surface area contributed by atoms with Gasteiger partial charge in [-0.1, -0.05) is 29.8 Å². The highest BCUT2D eigenvalue weighted by atomic mass is 32.1. The zero-order valence-electron chi connectivity index (χ0n) is 16.7. The first-order chi connectivity index (χ1) is 13.9. The van der Waals surface area contributed by atoms with Crippen molar-refractivity contribution in [2.45, 2.75) is 20.8 Å². The number of nitrogens with zero attached hydrogens (tertiary/aromatic N) is 1. The molecule has 1 N–H and O–H groups in total. The summed E-state index contributed by atoms with van der Waals surface area (Å²) in [6.45, 7) is 5.28. The number of Topliss-reactive ketones (excluding diaryl/α,β-unsaturated/α-hetero) is 1. The summed E-state index contributed by atoms with van der Waals surface area (Å²) < 4.78 is 10.8. The molecular formula is C22H22N2O4S. The van der Waals surface area contributed by atoms with Gasteiger partial charge in [-0.25, -0.2) is 4.98 Å². The Morgan fingerprint density at radius 3 is 2.45 bits per heavy atom. The van der Waals surface area contributed by atoms with Crippen LogP contribution in [-0.2, 0) is 4.79 Å². The summed E-state index contributed by atoms with van der Waals surface area (Å²) in [5, 5.41) is 3.29. The number of hydrogen-bond donors (Lipinski definition) is 1. The third kappa shape index (κ3) is 5.00. The highest BCUT2D eigenvalue weighted by Gasteiger charge is 2.14. The molecule has 6 nitrogen and oxygen atoms in total. The number of hydrogen-bond acceptors (Lipinski definition) is 6. The van der Waals surface area contributed by atoms with E-state index in [1.807, 2.05) is 38.1 Å². The fraction of sp³-hybridized carbons (Fsp3) is 0.227. The zero-order chi connectivity index (χ0) is 21.0. The topological polar surface area (TPSA) is 77.5 Å². The number of aromatic nitrogens is 1. The van der Waals surface area contributed by atoms with E-state index in [9.17, 15) is 9.59 Å². The molecule has 3 aromatic rings. The van der Waals surface area contributed by atoms with Crippen molar-refractivity contribution >= 4 is 28.2 Å². The van der Waals surface area contributed by atoms with Gasteiger partial charge in [0.05, 0.1) is 12.8 Å². The zero-order valence-corrected chi connectivity index (χ0v) is 17.6. The minimum atomic E-state index is -0.327. The number of amides is 1. The molecular weight excluding hydrogens is 388 g/mol. The molecule has 0 spiro atoms. The predicted octanol–water partition coefficient (Wildman–Crippen LogP) is 4.66. The van der Waals surface area contributed by atoms with Gasteiger partial charge in [0.15, 0.2) is 29.0 Å². The van der Waals surface area contributed by atoms with Gasteiger partial charge < -0.3 is 9.47 Å². The van der Waals surface area contributed by atoms with Crippen LogP contribution in [0.5, 0.6) is 11.5 Å². The molecule has 1 aromatic heterocycles. The van der Waals surface area contributed by atoms with E-state index < -0.39 is 0 Å². The summed E-state index contributed by atoms with van der Waals surface area (Å²) in [6.07, 6.45) is 0. The van der Waals surface area contributed by atoms with Crippen LogP contribution in [0.4, 0.5) is 5.13 Å².